The molecule has 1 atom stereocenters. The number of rotatable bonds is 6. The highest BCUT2D eigenvalue weighted by Gasteiger charge is 2.26. The minimum atomic E-state index is -0.0934. The molecule has 0 bridgehead atoms. The first-order valence-electron chi connectivity index (χ1n) is 8.84. The van der Waals surface area contributed by atoms with Crippen molar-refractivity contribution in [1.82, 2.24) is 10.3 Å². The van der Waals surface area contributed by atoms with Gasteiger partial charge in [-0.1, -0.05) is 30.3 Å². The molecule has 1 amide bonds. The van der Waals surface area contributed by atoms with Crippen molar-refractivity contribution in [1.29, 1.82) is 0 Å². The average molecular weight is 367 g/mol. The third kappa shape index (κ3) is 3.80. The molecule has 1 N–H and O–H groups in total. The Labute approximate surface area is 156 Å². The Kier molecular flexibility index (Phi) is 5.02. The molecule has 1 aliphatic heterocycles. The van der Waals surface area contributed by atoms with Crippen LogP contribution in [-0.2, 0) is 4.79 Å². The van der Waals surface area contributed by atoms with Gasteiger partial charge in [0.15, 0.2) is 11.7 Å². The second kappa shape index (κ2) is 7.74. The molecule has 3 aromatic rings. The summed E-state index contributed by atoms with van der Waals surface area (Å²) in [4.78, 5) is 18.8. The molecular formula is C20H21N3O2S. The molecule has 2 heterocycles. The van der Waals surface area contributed by atoms with Crippen LogP contribution in [0, 0.1) is 0 Å². The van der Waals surface area contributed by atoms with Gasteiger partial charge < -0.3 is 15.0 Å². The van der Waals surface area contributed by atoms with Crippen LogP contribution in [-0.4, -0.2) is 36.6 Å². The van der Waals surface area contributed by atoms with Crippen LogP contribution in [0.4, 0.5) is 5.13 Å². The lowest BCUT2D eigenvalue weighted by Gasteiger charge is -2.24. The molecule has 134 valence electrons. The van der Waals surface area contributed by atoms with Crippen molar-refractivity contribution in [2.24, 2.45) is 0 Å². The van der Waals surface area contributed by atoms with E-state index in [0.29, 0.717) is 18.3 Å². The predicted octanol–water partition coefficient (Wildman–Crippen LogP) is 3.46. The largest absolute Gasteiger partial charge is 0.484 e. The first-order valence-corrected chi connectivity index (χ1v) is 9.72. The number of fused-ring (bicyclic) bond motifs is 1. The average Bonchev–Trinajstić information content (AvgIpc) is 3.35. The zero-order chi connectivity index (χ0) is 17.8. The number of thiazole rings is 1. The van der Waals surface area contributed by atoms with Crippen LogP contribution in [0.2, 0.25) is 0 Å². The van der Waals surface area contributed by atoms with Crippen LogP contribution in [0.5, 0.6) is 5.75 Å². The number of nitrogens with one attached hydrogen (secondary N) is 1. The zero-order valence-electron chi connectivity index (χ0n) is 14.4. The Bertz CT molecular complexity index is 882. The number of ether oxygens (including phenoxy) is 1. The van der Waals surface area contributed by atoms with E-state index >= 15 is 0 Å². The minimum Gasteiger partial charge on any atom is -0.484 e. The molecule has 26 heavy (non-hydrogen) atoms. The summed E-state index contributed by atoms with van der Waals surface area (Å²) in [6, 6.07) is 14.3. The lowest BCUT2D eigenvalue weighted by molar-refractivity contribution is -0.123. The molecule has 6 heteroatoms. The number of amides is 1. The van der Waals surface area contributed by atoms with Gasteiger partial charge in [0, 0.05) is 30.7 Å². The number of nitrogens with zero attached hydrogens (tertiary/aromatic N) is 2. The Morgan fingerprint density at radius 3 is 3.00 bits per heavy atom. The van der Waals surface area contributed by atoms with Crippen molar-refractivity contribution in [3.05, 3.63) is 54.0 Å². The fraction of sp³-hybridized carbons (Fsp3) is 0.300. The van der Waals surface area contributed by atoms with Crippen LogP contribution >= 0.6 is 11.3 Å². The summed E-state index contributed by atoms with van der Waals surface area (Å²) >= 11 is 1.64. The summed E-state index contributed by atoms with van der Waals surface area (Å²) in [7, 11) is 0. The van der Waals surface area contributed by atoms with Crippen LogP contribution in [0.25, 0.3) is 10.8 Å². The second-order valence-electron chi connectivity index (χ2n) is 6.41. The highest BCUT2D eigenvalue weighted by atomic mass is 32.1. The molecular weight excluding hydrogens is 346 g/mol. The summed E-state index contributed by atoms with van der Waals surface area (Å²) in [5.74, 6) is 0.619. The lowest BCUT2D eigenvalue weighted by atomic mass is 10.1. The summed E-state index contributed by atoms with van der Waals surface area (Å²) in [6.45, 7) is 1.66. The number of hydrogen-bond donors (Lipinski definition) is 1. The topological polar surface area (TPSA) is 54.5 Å². The molecule has 0 saturated carbocycles. The van der Waals surface area contributed by atoms with E-state index in [9.17, 15) is 4.79 Å². The number of anilines is 1. The van der Waals surface area contributed by atoms with Gasteiger partial charge in [0.25, 0.3) is 5.91 Å². The van der Waals surface area contributed by atoms with E-state index in [1.54, 1.807) is 11.3 Å². The van der Waals surface area contributed by atoms with Gasteiger partial charge in [0.1, 0.15) is 5.75 Å². The molecule has 5 nitrogen and oxygen atoms in total. The second-order valence-corrected chi connectivity index (χ2v) is 7.28. The van der Waals surface area contributed by atoms with Crippen LogP contribution in [0.15, 0.2) is 54.0 Å². The Hall–Kier alpha value is -2.60. The van der Waals surface area contributed by atoms with Gasteiger partial charge in [-0.15, -0.1) is 11.3 Å². The van der Waals surface area contributed by atoms with Crippen molar-refractivity contribution < 1.29 is 9.53 Å². The molecule has 0 aliphatic carbocycles. The van der Waals surface area contributed by atoms with E-state index in [0.717, 1.165) is 35.3 Å². The molecule has 0 spiro atoms. The Morgan fingerprint density at radius 2 is 2.15 bits per heavy atom. The molecule has 1 unspecified atom stereocenters. The monoisotopic (exact) mass is 367 g/mol. The first kappa shape index (κ1) is 16.8. The number of carbonyl (C=O) groups is 1. The lowest BCUT2D eigenvalue weighted by Crippen LogP contribution is -2.41. The highest BCUT2D eigenvalue weighted by molar-refractivity contribution is 7.13. The van der Waals surface area contributed by atoms with Crippen molar-refractivity contribution in [2.45, 2.75) is 18.9 Å². The molecule has 1 saturated heterocycles. The van der Waals surface area contributed by atoms with Gasteiger partial charge in [0.05, 0.1) is 0 Å². The summed E-state index contributed by atoms with van der Waals surface area (Å²) in [6.07, 6.45) is 4.03. The Balaban J connectivity index is 1.28. The zero-order valence-corrected chi connectivity index (χ0v) is 15.2. The van der Waals surface area contributed by atoms with E-state index < -0.39 is 0 Å². The van der Waals surface area contributed by atoms with Gasteiger partial charge >= 0.3 is 0 Å². The standard InChI is InChI=1S/C20H21N3O2S/c24-19(14-25-18-8-7-15-4-1-2-5-16(15)12-18)22-13-17-6-3-10-23(17)20-21-9-11-26-20/h1-2,4-5,7-9,11-12,17H,3,6,10,13-14H2,(H,22,24). The molecule has 1 aromatic heterocycles. The maximum Gasteiger partial charge on any atom is 0.258 e. The predicted molar refractivity (Wildman–Crippen MR) is 105 cm³/mol. The van der Waals surface area contributed by atoms with Gasteiger partial charge in [-0.25, -0.2) is 4.98 Å². The van der Waals surface area contributed by atoms with Gasteiger partial charge in [0.2, 0.25) is 0 Å². The third-order valence-corrected chi connectivity index (χ3v) is 5.48. The number of benzene rings is 2. The number of carbonyl (C=O) groups excluding carboxylic acids is 1. The Morgan fingerprint density at radius 1 is 1.27 bits per heavy atom. The number of hydrogen-bond acceptors (Lipinski definition) is 5. The fourth-order valence-corrected chi connectivity index (χ4v) is 4.09. The van der Waals surface area contributed by atoms with Crippen LogP contribution < -0.4 is 15.0 Å². The summed E-state index contributed by atoms with van der Waals surface area (Å²) in [5.41, 5.74) is 0. The van der Waals surface area contributed by atoms with E-state index in [2.05, 4.69) is 21.3 Å². The molecule has 1 fully saturated rings. The van der Waals surface area contributed by atoms with E-state index in [1.165, 1.54) is 0 Å². The third-order valence-electron chi connectivity index (χ3n) is 4.67. The fourth-order valence-electron chi connectivity index (χ4n) is 3.35. The highest BCUT2D eigenvalue weighted by Crippen LogP contribution is 2.26. The van der Waals surface area contributed by atoms with E-state index in [1.807, 2.05) is 48.0 Å². The smallest absolute Gasteiger partial charge is 0.258 e. The van der Waals surface area contributed by atoms with Crippen molar-refractivity contribution in [3.63, 3.8) is 0 Å². The van der Waals surface area contributed by atoms with Crippen LogP contribution in [0.1, 0.15) is 12.8 Å². The normalized spacial score (nSPS) is 16.8. The maximum absolute atomic E-state index is 12.2. The van der Waals surface area contributed by atoms with Crippen molar-refractivity contribution in [3.8, 4) is 5.75 Å². The summed E-state index contributed by atoms with van der Waals surface area (Å²) < 4.78 is 5.65. The maximum atomic E-state index is 12.2. The SMILES string of the molecule is O=C(COc1ccc2ccccc2c1)NCC1CCCN1c1nccs1. The van der Waals surface area contributed by atoms with Gasteiger partial charge in [-0.3, -0.25) is 4.79 Å². The quantitative estimate of drug-likeness (QED) is 0.725. The minimum absolute atomic E-state index is 0.0301. The van der Waals surface area contributed by atoms with Gasteiger partial charge in [-0.2, -0.15) is 0 Å². The summed E-state index contributed by atoms with van der Waals surface area (Å²) in [5, 5.41) is 8.29. The van der Waals surface area contributed by atoms with Gasteiger partial charge in [-0.05, 0) is 35.7 Å². The van der Waals surface area contributed by atoms with E-state index in [4.69, 9.17) is 4.74 Å². The van der Waals surface area contributed by atoms with Crippen LogP contribution in [0.3, 0.4) is 0 Å². The number of aromatic nitrogens is 1. The van der Waals surface area contributed by atoms with Crippen molar-refractivity contribution >= 4 is 33.1 Å². The molecule has 4 rings (SSSR count). The first-order chi connectivity index (χ1) is 12.8. The molecule has 1 aliphatic rings. The van der Waals surface area contributed by atoms with Crippen molar-refractivity contribution in [2.75, 3.05) is 24.6 Å². The van der Waals surface area contributed by atoms with E-state index in [-0.39, 0.29) is 12.5 Å². The molecule has 2 aromatic carbocycles. The molecule has 0 radical (unpaired) electrons.